The number of nitrogens with zero attached hydrogens (tertiary/aromatic N) is 1. The second-order valence-electron chi connectivity index (χ2n) is 5.09. The number of benzene rings is 2. The molecule has 0 bridgehead atoms. The second kappa shape index (κ2) is 6.04. The number of rotatable bonds is 3. The van der Waals surface area contributed by atoms with E-state index in [2.05, 4.69) is 10.3 Å². The van der Waals surface area contributed by atoms with Gasteiger partial charge in [0.15, 0.2) is 5.75 Å². The normalized spacial score (nSPS) is 10.6. The van der Waals surface area contributed by atoms with Crippen molar-refractivity contribution >= 4 is 22.5 Å². The Kier molecular flexibility index (Phi) is 3.93. The third-order valence-electron chi connectivity index (χ3n) is 3.52. The van der Waals surface area contributed by atoms with Crippen LogP contribution in [0.25, 0.3) is 22.0 Å². The molecule has 1 heterocycles. The highest BCUT2D eigenvalue weighted by Gasteiger charge is 2.14. The summed E-state index contributed by atoms with van der Waals surface area (Å²) < 4.78 is 18.9. The number of hydrogen-bond acceptors (Lipinski definition) is 3. The Hall–Kier alpha value is -2.95. The fourth-order valence-corrected chi connectivity index (χ4v) is 2.60. The van der Waals surface area contributed by atoms with Crippen LogP contribution in [0.15, 0.2) is 48.7 Å². The van der Waals surface area contributed by atoms with Crippen molar-refractivity contribution in [2.45, 2.75) is 6.92 Å². The van der Waals surface area contributed by atoms with Crippen molar-refractivity contribution in [3.63, 3.8) is 0 Å². The monoisotopic (exact) mass is 310 g/mol. The van der Waals surface area contributed by atoms with Gasteiger partial charge in [-0.1, -0.05) is 12.1 Å². The van der Waals surface area contributed by atoms with E-state index in [1.807, 2.05) is 18.2 Å². The number of pyridine rings is 1. The summed E-state index contributed by atoms with van der Waals surface area (Å²) in [6.45, 7) is 1.43. The van der Waals surface area contributed by atoms with E-state index >= 15 is 0 Å². The number of carbonyl (C=O) groups excluding carboxylic acids is 1. The lowest BCUT2D eigenvalue weighted by Gasteiger charge is -2.13. The summed E-state index contributed by atoms with van der Waals surface area (Å²) in [5, 5.41) is 3.54. The van der Waals surface area contributed by atoms with E-state index in [0.29, 0.717) is 17.0 Å². The summed E-state index contributed by atoms with van der Waals surface area (Å²) in [6.07, 6.45) is 1.64. The molecule has 0 unspecified atom stereocenters. The molecule has 3 rings (SSSR count). The number of methoxy groups -OCH3 is 1. The lowest BCUT2D eigenvalue weighted by Crippen LogP contribution is -2.07. The van der Waals surface area contributed by atoms with Gasteiger partial charge in [0, 0.05) is 18.5 Å². The summed E-state index contributed by atoms with van der Waals surface area (Å²) in [4.78, 5) is 15.7. The molecular weight excluding hydrogens is 295 g/mol. The van der Waals surface area contributed by atoms with Gasteiger partial charge in [-0.3, -0.25) is 9.78 Å². The van der Waals surface area contributed by atoms with Crippen molar-refractivity contribution in [1.82, 2.24) is 4.98 Å². The molecule has 0 aliphatic rings. The van der Waals surface area contributed by atoms with E-state index < -0.39 is 0 Å². The first-order chi connectivity index (χ1) is 11.1. The Bertz CT molecular complexity index is 893. The molecule has 1 amide bonds. The molecule has 0 fully saturated rings. The van der Waals surface area contributed by atoms with Gasteiger partial charge in [0.1, 0.15) is 11.3 Å². The van der Waals surface area contributed by atoms with Gasteiger partial charge < -0.3 is 10.1 Å². The number of carbonyl (C=O) groups is 1. The minimum absolute atomic E-state index is 0.191. The molecule has 0 saturated carbocycles. The van der Waals surface area contributed by atoms with Crippen LogP contribution < -0.4 is 10.1 Å². The SMILES string of the molecule is COc1c(NC(C)=O)ccc2c(-c3cccc(F)c3)ccnc12. The summed E-state index contributed by atoms with van der Waals surface area (Å²) in [5.41, 5.74) is 2.77. The summed E-state index contributed by atoms with van der Waals surface area (Å²) >= 11 is 0. The maximum atomic E-state index is 13.5. The Balaban J connectivity index is 2.25. The Morgan fingerprint density at radius 2 is 2.04 bits per heavy atom. The van der Waals surface area contributed by atoms with Crippen LogP contribution in [0.5, 0.6) is 5.75 Å². The van der Waals surface area contributed by atoms with Gasteiger partial charge in [-0.15, -0.1) is 0 Å². The highest BCUT2D eigenvalue weighted by atomic mass is 19.1. The third kappa shape index (κ3) is 2.85. The standard InChI is InChI=1S/C18H15FN2O2/c1-11(22)21-16-7-6-15-14(12-4-3-5-13(19)10-12)8-9-20-17(15)18(16)23-2/h3-10H,1-2H3,(H,21,22). The highest BCUT2D eigenvalue weighted by molar-refractivity contribution is 6.02. The van der Waals surface area contributed by atoms with Crippen molar-refractivity contribution in [1.29, 1.82) is 0 Å². The first kappa shape index (κ1) is 15.0. The molecule has 0 aliphatic heterocycles. The van der Waals surface area contributed by atoms with E-state index in [1.165, 1.54) is 26.2 Å². The van der Waals surface area contributed by atoms with Crippen molar-refractivity contribution in [2.75, 3.05) is 12.4 Å². The average molecular weight is 310 g/mol. The van der Waals surface area contributed by atoms with E-state index in [0.717, 1.165) is 16.5 Å². The lowest BCUT2D eigenvalue weighted by molar-refractivity contribution is -0.114. The predicted octanol–water partition coefficient (Wildman–Crippen LogP) is 4.01. The molecule has 1 N–H and O–H groups in total. The molecule has 5 heteroatoms. The van der Waals surface area contributed by atoms with Crippen LogP contribution in [-0.2, 0) is 4.79 Å². The van der Waals surface area contributed by atoms with Gasteiger partial charge in [0.05, 0.1) is 12.8 Å². The van der Waals surface area contributed by atoms with Crippen LogP contribution in [0.4, 0.5) is 10.1 Å². The third-order valence-corrected chi connectivity index (χ3v) is 3.52. The predicted molar refractivity (Wildman–Crippen MR) is 88.0 cm³/mol. The van der Waals surface area contributed by atoms with Gasteiger partial charge in [0.25, 0.3) is 0 Å². The van der Waals surface area contributed by atoms with Crippen LogP contribution in [-0.4, -0.2) is 18.0 Å². The minimum atomic E-state index is -0.297. The van der Waals surface area contributed by atoms with Crippen molar-refractivity contribution in [3.8, 4) is 16.9 Å². The number of hydrogen-bond donors (Lipinski definition) is 1. The fraction of sp³-hybridized carbons (Fsp3) is 0.111. The Morgan fingerprint density at radius 3 is 2.74 bits per heavy atom. The van der Waals surface area contributed by atoms with Gasteiger partial charge in [-0.2, -0.15) is 0 Å². The number of aromatic nitrogens is 1. The van der Waals surface area contributed by atoms with E-state index in [-0.39, 0.29) is 11.7 Å². The molecule has 4 nitrogen and oxygen atoms in total. The van der Waals surface area contributed by atoms with Crippen LogP contribution in [0.2, 0.25) is 0 Å². The first-order valence-corrected chi connectivity index (χ1v) is 7.09. The van der Waals surface area contributed by atoms with E-state index in [1.54, 1.807) is 18.3 Å². The van der Waals surface area contributed by atoms with E-state index in [9.17, 15) is 9.18 Å². The van der Waals surface area contributed by atoms with Crippen LogP contribution in [0, 0.1) is 5.82 Å². The molecule has 23 heavy (non-hydrogen) atoms. The van der Waals surface area contributed by atoms with Gasteiger partial charge in [-0.25, -0.2) is 4.39 Å². The fourth-order valence-electron chi connectivity index (χ4n) is 2.60. The number of halogens is 1. The molecular formula is C18H15FN2O2. The zero-order valence-corrected chi connectivity index (χ0v) is 12.8. The van der Waals surface area contributed by atoms with Crippen LogP contribution in [0.1, 0.15) is 6.92 Å². The van der Waals surface area contributed by atoms with Crippen LogP contribution >= 0.6 is 0 Å². The number of anilines is 1. The first-order valence-electron chi connectivity index (χ1n) is 7.09. The second-order valence-corrected chi connectivity index (χ2v) is 5.09. The average Bonchev–Trinajstić information content (AvgIpc) is 2.53. The minimum Gasteiger partial charge on any atom is -0.492 e. The molecule has 0 saturated heterocycles. The molecule has 0 spiro atoms. The quantitative estimate of drug-likeness (QED) is 0.795. The van der Waals surface area contributed by atoms with Gasteiger partial charge in [0.2, 0.25) is 5.91 Å². The molecule has 0 radical (unpaired) electrons. The molecule has 3 aromatic rings. The zero-order valence-electron chi connectivity index (χ0n) is 12.8. The molecule has 116 valence electrons. The molecule has 1 aromatic heterocycles. The van der Waals surface area contributed by atoms with Crippen molar-refractivity contribution in [3.05, 3.63) is 54.5 Å². The lowest BCUT2D eigenvalue weighted by atomic mass is 10.0. The largest absolute Gasteiger partial charge is 0.492 e. The van der Waals surface area contributed by atoms with E-state index in [4.69, 9.17) is 4.74 Å². The number of amides is 1. The maximum Gasteiger partial charge on any atom is 0.221 e. The van der Waals surface area contributed by atoms with Gasteiger partial charge >= 0.3 is 0 Å². The zero-order chi connectivity index (χ0) is 16.4. The summed E-state index contributed by atoms with van der Waals surface area (Å²) in [7, 11) is 1.52. The number of fused-ring (bicyclic) bond motifs is 1. The molecule has 0 aliphatic carbocycles. The van der Waals surface area contributed by atoms with Gasteiger partial charge in [-0.05, 0) is 41.5 Å². The topological polar surface area (TPSA) is 51.2 Å². The highest BCUT2D eigenvalue weighted by Crippen LogP contribution is 2.37. The number of nitrogens with one attached hydrogen (secondary N) is 1. The molecule has 0 atom stereocenters. The Morgan fingerprint density at radius 1 is 1.22 bits per heavy atom. The maximum absolute atomic E-state index is 13.5. The Labute approximate surface area is 132 Å². The summed E-state index contributed by atoms with van der Waals surface area (Å²) in [5.74, 6) is -0.00539. The van der Waals surface area contributed by atoms with Crippen molar-refractivity contribution in [2.24, 2.45) is 0 Å². The number of ether oxygens (including phenoxy) is 1. The van der Waals surface area contributed by atoms with Crippen molar-refractivity contribution < 1.29 is 13.9 Å². The van der Waals surface area contributed by atoms with Crippen LogP contribution in [0.3, 0.4) is 0 Å². The molecule has 2 aromatic carbocycles. The smallest absolute Gasteiger partial charge is 0.221 e. The summed E-state index contributed by atoms with van der Waals surface area (Å²) in [6, 6.07) is 11.8.